The third kappa shape index (κ3) is 2.62. The van der Waals surface area contributed by atoms with Gasteiger partial charge in [0, 0.05) is 19.6 Å². The van der Waals surface area contributed by atoms with Crippen LogP contribution in [-0.4, -0.2) is 18.2 Å². The van der Waals surface area contributed by atoms with Gasteiger partial charge in [0.2, 0.25) is 0 Å². The summed E-state index contributed by atoms with van der Waals surface area (Å²) in [4.78, 5) is 0.645. The summed E-state index contributed by atoms with van der Waals surface area (Å²) in [5.74, 6) is 0.686. The first kappa shape index (κ1) is 7.95. The maximum Gasteiger partial charge on any atom is 0.0730 e. The third-order valence-electron chi connectivity index (χ3n) is 1.83. The molecule has 58 valence electrons. The minimum Gasteiger partial charge on any atom is -0.393 e. The summed E-state index contributed by atoms with van der Waals surface area (Å²) >= 11 is 4.81. The van der Waals surface area contributed by atoms with Crippen LogP contribution in [0.2, 0.25) is 0 Å². The van der Waals surface area contributed by atoms with Gasteiger partial charge in [-0.1, -0.05) is 12.2 Å². The molecule has 0 aromatic rings. The van der Waals surface area contributed by atoms with Gasteiger partial charge in [-0.3, -0.25) is 0 Å². The molecule has 2 nitrogen and oxygen atoms in total. The molecule has 0 amide bonds. The molecule has 0 bridgehead atoms. The molecule has 1 fully saturated rings. The Morgan fingerprint density at radius 2 is 2.10 bits per heavy atom. The molecule has 0 aromatic carbocycles. The van der Waals surface area contributed by atoms with Crippen molar-refractivity contribution in [1.82, 2.24) is 0 Å². The van der Waals surface area contributed by atoms with E-state index in [1.54, 1.807) is 0 Å². The fourth-order valence-electron chi connectivity index (χ4n) is 1.24. The lowest BCUT2D eigenvalue weighted by molar-refractivity contribution is 0.0685. The van der Waals surface area contributed by atoms with Crippen LogP contribution in [-0.2, 0) is 4.74 Å². The van der Waals surface area contributed by atoms with Gasteiger partial charge >= 0.3 is 0 Å². The zero-order chi connectivity index (χ0) is 7.40. The van der Waals surface area contributed by atoms with E-state index in [2.05, 4.69) is 0 Å². The van der Waals surface area contributed by atoms with Crippen LogP contribution < -0.4 is 5.73 Å². The molecule has 10 heavy (non-hydrogen) atoms. The van der Waals surface area contributed by atoms with Gasteiger partial charge in [0.05, 0.1) is 4.99 Å². The predicted octanol–water partition coefficient (Wildman–Crippen LogP) is 1.09. The van der Waals surface area contributed by atoms with E-state index in [0.29, 0.717) is 10.9 Å². The molecule has 1 heterocycles. The highest BCUT2D eigenvalue weighted by Gasteiger charge is 2.13. The summed E-state index contributed by atoms with van der Waals surface area (Å²) in [6.45, 7) is 1.76. The van der Waals surface area contributed by atoms with Crippen molar-refractivity contribution in [2.45, 2.75) is 19.3 Å². The van der Waals surface area contributed by atoms with Crippen molar-refractivity contribution in [3.63, 3.8) is 0 Å². The zero-order valence-corrected chi connectivity index (χ0v) is 6.82. The average Bonchev–Trinajstić information content (AvgIpc) is 1.88. The maximum atomic E-state index is 5.41. The fraction of sp³-hybridized carbons (Fsp3) is 0.857. The molecule has 1 rings (SSSR count). The van der Waals surface area contributed by atoms with Crippen molar-refractivity contribution in [3.8, 4) is 0 Å². The number of hydrogen-bond acceptors (Lipinski definition) is 2. The minimum atomic E-state index is 0.645. The van der Waals surface area contributed by atoms with E-state index in [-0.39, 0.29) is 0 Å². The number of hydrogen-bond donors (Lipinski definition) is 1. The Bertz CT molecular complexity index is 121. The van der Waals surface area contributed by atoms with E-state index in [0.717, 1.165) is 32.5 Å². The molecular formula is C7H13NOS. The molecule has 0 saturated carbocycles. The van der Waals surface area contributed by atoms with Crippen molar-refractivity contribution in [2.24, 2.45) is 11.7 Å². The number of ether oxygens (including phenoxy) is 1. The highest BCUT2D eigenvalue weighted by Crippen LogP contribution is 2.17. The third-order valence-corrected chi connectivity index (χ3v) is 2.00. The van der Waals surface area contributed by atoms with Crippen molar-refractivity contribution in [2.75, 3.05) is 13.2 Å². The average molecular weight is 159 g/mol. The van der Waals surface area contributed by atoms with Crippen molar-refractivity contribution in [3.05, 3.63) is 0 Å². The largest absolute Gasteiger partial charge is 0.393 e. The Morgan fingerprint density at radius 3 is 2.60 bits per heavy atom. The lowest BCUT2D eigenvalue weighted by atomic mass is 9.97. The molecule has 1 aliphatic rings. The van der Waals surface area contributed by atoms with Crippen LogP contribution in [0.5, 0.6) is 0 Å². The van der Waals surface area contributed by atoms with E-state index in [9.17, 15) is 0 Å². The molecule has 2 N–H and O–H groups in total. The molecule has 1 saturated heterocycles. The van der Waals surface area contributed by atoms with Crippen molar-refractivity contribution >= 4 is 17.2 Å². The van der Waals surface area contributed by atoms with Crippen LogP contribution in [0.4, 0.5) is 0 Å². The molecule has 0 atom stereocenters. The van der Waals surface area contributed by atoms with Crippen LogP contribution >= 0.6 is 12.2 Å². The molecule has 0 unspecified atom stereocenters. The molecule has 1 aliphatic heterocycles. The van der Waals surface area contributed by atoms with Crippen molar-refractivity contribution < 1.29 is 4.74 Å². The Morgan fingerprint density at radius 1 is 1.50 bits per heavy atom. The first-order valence-corrected chi connectivity index (χ1v) is 4.06. The van der Waals surface area contributed by atoms with Crippen LogP contribution in [0.15, 0.2) is 0 Å². The second-order valence-electron chi connectivity index (χ2n) is 2.73. The summed E-state index contributed by atoms with van der Waals surface area (Å²) in [7, 11) is 0. The summed E-state index contributed by atoms with van der Waals surface area (Å²) in [5.41, 5.74) is 5.41. The van der Waals surface area contributed by atoms with E-state index < -0.39 is 0 Å². The summed E-state index contributed by atoms with van der Waals surface area (Å²) in [6.07, 6.45) is 3.15. The van der Waals surface area contributed by atoms with Crippen LogP contribution in [0.25, 0.3) is 0 Å². The van der Waals surface area contributed by atoms with Crippen LogP contribution in [0, 0.1) is 5.92 Å². The van der Waals surface area contributed by atoms with Gasteiger partial charge in [-0.2, -0.15) is 0 Å². The standard InChI is InChI=1S/C7H13NOS/c8-7(10)5-6-1-3-9-4-2-6/h6H,1-5H2,(H2,8,10). The van der Waals surface area contributed by atoms with E-state index in [1.165, 1.54) is 0 Å². The molecule has 0 radical (unpaired) electrons. The smallest absolute Gasteiger partial charge is 0.0730 e. The summed E-state index contributed by atoms with van der Waals surface area (Å²) in [6, 6.07) is 0. The first-order valence-electron chi connectivity index (χ1n) is 3.65. The maximum absolute atomic E-state index is 5.41. The normalized spacial score (nSPS) is 20.8. The molecular weight excluding hydrogens is 146 g/mol. The first-order chi connectivity index (χ1) is 4.79. The van der Waals surface area contributed by atoms with Crippen LogP contribution in [0.3, 0.4) is 0 Å². The lowest BCUT2D eigenvalue weighted by Crippen LogP contribution is -2.21. The topological polar surface area (TPSA) is 35.2 Å². The molecule has 0 spiro atoms. The van der Waals surface area contributed by atoms with E-state index in [1.807, 2.05) is 0 Å². The monoisotopic (exact) mass is 159 g/mol. The Hall–Kier alpha value is -0.150. The molecule has 0 aromatic heterocycles. The SMILES string of the molecule is NC(=S)CC1CCOCC1. The van der Waals surface area contributed by atoms with Gasteiger partial charge in [-0.25, -0.2) is 0 Å². The second kappa shape index (κ2) is 3.88. The van der Waals surface area contributed by atoms with E-state index >= 15 is 0 Å². The molecule has 0 aliphatic carbocycles. The Kier molecular flexibility index (Phi) is 3.09. The van der Waals surface area contributed by atoms with Crippen LogP contribution in [0.1, 0.15) is 19.3 Å². The van der Waals surface area contributed by atoms with E-state index in [4.69, 9.17) is 22.7 Å². The van der Waals surface area contributed by atoms with Gasteiger partial charge in [0.15, 0.2) is 0 Å². The summed E-state index contributed by atoms with van der Waals surface area (Å²) < 4.78 is 5.20. The number of thiocarbonyl (C=S) groups is 1. The fourth-order valence-corrected chi connectivity index (χ4v) is 1.47. The number of nitrogens with two attached hydrogens (primary N) is 1. The van der Waals surface area contributed by atoms with Gasteiger partial charge < -0.3 is 10.5 Å². The van der Waals surface area contributed by atoms with Gasteiger partial charge in [-0.15, -0.1) is 0 Å². The van der Waals surface area contributed by atoms with Gasteiger partial charge in [0.1, 0.15) is 0 Å². The second-order valence-corrected chi connectivity index (χ2v) is 3.25. The Labute approximate surface area is 66.7 Å². The minimum absolute atomic E-state index is 0.645. The highest BCUT2D eigenvalue weighted by atomic mass is 32.1. The Balaban J connectivity index is 2.19. The number of rotatable bonds is 2. The molecule has 3 heteroatoms. The lowest BCUT2D eigenvalue weighted by Gasteiger charge is -2.20. The van der Waals surface area contributed by atoms with Gasteiger partial charge in [-0.05, 0) is 18.8 Å². The predicted molar refractivity (Wildman–Crippen MR) is 44.9 cm³/mol. The summed E-state index contributed by atoms with van der Waals surface area (Å²) in [5, 5.41) is 0. The quantitative estimate of drug-likeness (QED) is 0.613. The van der Waals surface area contributed by atoms with Gasteiger partial charge in [0.25, 0.3) is 0 Å². The zero-order valence-electron chi connectivity index (χ0n) is 6.01. The van der Waals surface area contributed by atoms with Crippen molar-refractivity contribution in [1.29, 1.82) is 0 Å². The highest BCUT2D eigenvalue weighted by molar-refractivity contribution is 7.80.